The second-order valence-electron chi connectivity index (χ2n) is 6.96. The molecule has 0 N–H and O–H groups in total. The first-order valence-electron chi connectivity index (χ1n) is 9.02. The van der Waals surface area contributed by atoms with Gasteiger partial charge < -0.3 is 9.64 Å². The smallest absolute Gasteiger partial charge is 0.257 e. The number of amides is 1. The highest BCUT2D eigenvalue weighted by Crippen LogP contribution is 2.40. The molecule has 0 bridgehead atoms. The highest BCUT2D eigenvalue weighted by molar-refractivity contribution is 7.91. The van der Waals surface area contributed by atoms with Crippen molar-refractivity contribution in [2.75, 3.05) is 26.2 Å². The molecular weight excluding hydrogens is 384 g/mol. The maximum absolute atomic E-state index is 13.0. The lowest BCUT2D eigenvalue weighted by Crippen LogP contribution is -2.50. The molecule has 27 heavy (non-hydrogen) atoms. The third kappa shape index (κ3) is 3.15. The summed E-state index contributed by atoms with van der Waals surface area (Å²) in [6.45, 7) is 5.45. The number of carbonyl (C=O) groups is 1. The molecular formula is C19H22N2O4S2. The third-order valence-corrected chi connectivity index (χ3v) is 8.66. The van der Waals surface area contributed by atoms with Crippen LogP contribution in [0.3, 0.4) is 0 Å². The Labute approximate surface area is 163 Å². The molecule has 2 unspecified atom stereocenters. The van der Waals surface area contributed by atoms with Crippen molar-refractivity contribution in [2.24, 2.45) is 0 Å². The molecule has 1 aromatic heterocycles. The first-order valence-corrected chi connectivity index (χ1v) is 11.3. The average Bonchev–Trinajstić information content (AvgIpc) is 3.31. The number of nitrogens with zero attached hydrogens (tertiary/aromatic N) is 2. The van der Waals surface area contributed by atoms with Crippen LogP contribution in [-0.4, -0.2) is 55.8 Å². The molecule has 144 valence electrons. The molecule has 1 saturated heterocycles. The van der Waals surface area contributed by atoms with E-state index in [9.17, 15) is 13.2 Å². The number of fused-ring (bicyclic) bond motifs is 1. The maximum Gasteiger partial charge on any atom is 0.257 e. The van der Waals surface area contributed by atoms with Gasteiger partial charge in [-0.25, -0.2) is 8.42 Å². The molecule has 2 aliphatic rings. The topological polar surface area (TPSA) is 66.9 Å². The van der Waals surface area contributed by atoms with Crippen LogP contribution in [0.2, 0.25) is 0 Å². The Morgan fingerprint density at radius 3 is 2.52 bits per heavy atom. The van der Waals surface area contributed by atoms with Crippen molar-refractivity contribution in [3.05, 3.63) is 46.8 Å². The van der Waals surface area contributed by atoms with E-state index in [0.717, 1.165) is 5.56 Å². The summed E-state index contributed by atoms with van der Waals surface area (Å²) in [6, 6.07) is 9.04. The Morgan fingerprint density at radius 2 is 1.85 bits per heavy atom. The fraction of sp³-hybridized carbons (Fsp3) is 0.421. The Bertz CT molecular complexity index is 948. The number of para-hydroxylation sites is 1. The number of piperazine rings is 1. The van der Waals surface area contributed by atoms with E-state index in [1.807, 2.05) is 19.1 Å². The zero-order valence-electron chi connectivity index (χ0n) is 15.3. The van der Waals surface area contributed by atoms with Gasteiger partial charge >= 0.3 is 0 Å². The first-order chi connectivity index (χ1) is 12.9. The summed E-state index contributed by atoms with van der Waals surface area (Å²) in [5, 5.41) is 1.75. The quantitative estimate of drug-likeness (QED) is 0.786. The van der Waals surface area contributed by atoms with E-state index in [1.165, 1.54) is 15.6 Å². The summed E-state index contributed by atoms with van der Waals surface area (Å²) in [6.07, 6.45) is 0.0433. The van der Waals surface area contributed by atoms with Gasteiger partial charge in [-0.15, -0.1) is 11.3 Å². The van der Waals surface area contributed by atoms with Crippen LogP contribution in [0.4, 0.5) is 0 Å². The molecule has 3 heterocycles. The van der Waals surface area contributed by atoms with Crippen LogP contribution in [-0.2, 0) is 10.0 Å². The molecule has 0 aliphatic carbocycles. The summed E-state index contributed by atoms with van der Waals surface area (Å²) < 4.78 is 33.0. The molecule has 2 atom stereocenters. The van der Waals surface area contributed by atoms with Crippen molar-refractivity contribution in [3.8, 4) is 5.75 Å². The van der Waals surface area contributed by atoms with Gasteiger partial charge in [-0.1, -0.05) is 25.1 Å². The van der Waals surface area contributed by atoms with Gasteiger partial charge in [0.2, 0.25) is 0 Å². The van der Waals surface area contributed by atoms with Crippen LogP contribution in [0.1, 0.15) is 35.7 Å². The highest BCUT2D eigenvalue weighted by atomic mass is 32.2. The van der Waals surface area contributed by atoms with E-state index >= 15 is 0 Å². The van der Waals surface area contributed by atoms with Gasteiger partial charge in [0, 0.05) is 37.7 Å². The Balaban J connectivity index is 1.49. The van der Waals surface area contributed by atoms with Crippen molar-refractivity contribution < 1.29 is 17.9 Å². The van der Waals surface area contributed by atoms with Crippen LogP contribution in [0.5, 0.6) is 5.75 Å². The number of hydrogen-bond donors (Lipinski definition) is 0. The van der Waals surface area contributed by atoms with E-state index in [4.69, 9.17) is 4.74 Å². The molecule has 0 radical (unpaired) electrons. The molecule has 8 heteroatoms. The molecule has 2 aromatic rings. The zero-order valence-corrected chi connectivity index (χ0v) is 16.9. The van der Waals surface area contributed by atoms with Gasteiger partial charge in [-0.2, -0.15) is 4.31 Å². The molecule has 2 aliphatic heterocycles. The van der Waals surface area contributed by atoms with Crippen LogP contribution in [0.15, 0.2) is 39.9 Å². The fourth-order valence-electron chi connectivity index (χ4n) is 3.59. The number of hydrogen-bond acceptors (Lipinski definition) is 5. The van der Waals surface area contributed by atoms with Gasteiger partial charge in [-0.3, -0.25) is 4.79 Å². The second kappa shape index (κ2) is 6.92. The number of benzene rings is 1. The average molecular weight is 407 g/mol. The van der Waals surface area contributed by atoms with Crippen molar-refractivity contribution >= 4 is 27.3 Å². The molecule has 0 saturated carbocycles. The van der Waals surface area contributed by atoms with Crippen LogP contribution >= 0.6 is 11.3 Å². The Kier molecular flexibility index (Phi) is 4.73. The lowest BCUT2D eigenvalue weighted by molar-refractivity contribution is 0.0693. The zero-order chi connectivity index (χ0) is 19.2. The summed E-state index contributed by atoms with van der Waals surface area (Å²) in [7, 11) is -3.47. The van der Waals surface area contributed by atoms with E-state index in [2.05, 4.69) is 6.92 Å². The summed E-state index contributed by atoms with van der Waals surface area (Å²) in [5.41, 5.74) is 1.63. The summed E-state index contributed by atoms with van der Waals surface area (Å²) in [4.78, 5) is 14.8. The predicted molar refractivity (Wildman–Crippen MR) is 104 cm³/mol. The molecule has 4 rings (SSSR count). The number of rotatable bonds is 3. The maximum atomic E-state index is 13.0. The number of carbonyl (C=O) groups excluding carboxylic acids is 1. The number of sulfonamides is 1. The minimum Gasteiger partial charge on any atom is -0.489 e. The van der Waals surface area contributed by atoms with Gasteiger partial charge in [0.1, 0.15) is 16.1 Å². The minimum atomic E-state index is -3.47. The molecule has 6 nitrogen and oxygen atoms in total. The van der Waals surface area contributed by atoms with Crippen molar-refractivity contribution in [1.29, 1.82) is 0 Å². The Hall–Kier alpha value is -1.90. The highest BCUT2D eigenvalue weighted by Gasteiger charge is 2.35. The Morgan fingerprint density at radius 1 is 1.11 bits per heavy atom. The van der Waals surface area contributed by atoms with E-state index in [-0.39, 0.29) is 17.9 Å². The second-order valence-corrected chi connectivity index (χ2v) is 10.1. The summed E-state index contributed by atoms with van der Waals surface area (Å²) in [5.74, 6) is 0.831. The van der Waals surface area contributed by atoms with Crippen molar-refractivity contribution in [2.45, 2.75) is 30.1 Å². The third-order valence-electron chi connectivity index (χ3n) is 5.39. The van der Waals surface area contributed by atoms with Crippen LogP contribution in [0, 0.1) is 0 Å². The monoisotopic (exact) mass is 406 g/mol. The predicted octanol–water partition coefficient (Wildman–Crippen LogP) is 2.78. The lowest BCUT2D eigenvalue weighted by atomic mass is 9.96. The van der Waals surface area contributed by atoms with E-state index < -0.39 is 10.0 Å². The first kappa shape index (κ1) is 18.5. The minimum absolute atomic E-state index is 0.0433. The fourth-order valence-corrected chi connectivity index (χ4v) is 6.16. The van der Waals surface area contributed by atoms with Crippen LogP contribution in [0.25, 0.3) is 0 Å². The van der Waals surface area contributed by atoms with Crippen molar-refractivity contribution in [3.63, 3.8) is 0 Å². The number of thiophene rings is 1. The van der Waals surface area contributed by atoms with Crippen molar-refractivity contribution in [1.82, 2.24) is 9.21 Å². The summed E-state index contributed by atoms with van der Waals surface area (Å²) >= 11 is 1.21. The standard InChI is InChI=1S/C19H22N2O4S2/c1-13-14(2)25-18-15(13)5-3-6-16(18)19(22)20-8-10-21(11-9-20)27(23,24)17-7-4-12-26-17/h3-7,12-14H,8-11H2,1-2H3. The number of ether oxygens (including phenoxy) is 1. The van der Waals surface area contributed by atoms with E-state index in [1.54, 1.807) is 28.5 Å². The van der Waals surface area contributed by atoms with Gasteiger partial charge in [0.05, 0.1) is 5.56 Å². The molecule has 0 spiro atoms. The molecule has 1 amide bonds. The largest absolute Gasteiger partial charge is 0.489 e. The van der Waals surface area contributed by atoms with Gasteiger partial charge in [0.15, 0.2) is 0 Å². The van der Waals surface area contributed by atoms with Gasteiger partial charge in [-0.05, 0) is 24.4 Å². The SMILES string of the molecule is CC1Oc2c(C(=O)N3CCN(S(=O)(=O)c4cccs4)CC3)cccc2C1C. The lowest BCUT2D eigenvalue weighted by Gasteiger charge is -2.34. The molecule has 1 aromatic carbocycles. The molecule has 1 fully saturated rings. The van der Waals surface area contributed by atoms with Gasteiger partial charge in [0.25, 0.3) is 15.9 Å². The van der Waals surface area contributed by atoms with Crippen LogP contribution < -0.4 is 4.74 Å². The van der Waals surface area contributed by atoms with E-state index in [0.29, 0.717) is 41.7 Å². The normalized spacial score (nSPS) is 23.1.